The molecule has 0 atom stereocenters. The van der Waals surface area contributed by atoms with Crippen molar-refractivity contribution in [2.75, 3.05) is 0 Å². The average Bonchev–Trinajstić information content (AvgIpc) is 2.44. The largest absolute Gasteiger partial charge is 0.443 e. The standard InChI is InChI=1S/C14H16N4O4/c1-14(2,3)22-13(21)18-17-12(20)10-8-6-4-5-7-9(8)11(19)16-15-10/h4-7H,1-3H3,(H,16,19)(H,17,20)(H,18,21). The van der Waals surface area contributed by atoms with Crippen LogP contribution in [0.5, 0.6) is 0 Å². The van der Waals surface area contributed by atoms with Crippen LogP contribution < -0.4 is 16.4 Å². The van der Waals surface area contributed by atoms with Crippen molar-refractivity contribution < 1.29 is 14.3 Å². The Balaban J connectivity index is 2.16. The molecule has 1 aromatic heterocycles. The molecule has 0 saturated carbocycles. The van der Waals surface area contributed by atoms with Gasteiger partial charge in [-0.25, -0.2) is 15.3 Å². The van der Waals surface area contributed by atoms with Crippen molar-refractivity contribution in [3.63, 3.8) is 0 Å². The molecule has 0 aliphatic heterocycles. The number of hydrogen-bond donors (Lipinski definition) is 3. The van der Waals surface area contributed by atoms with Crippen molar-refractivity contribution >= 4 is 22.8 Å². The highest BCUT2D eigenvalue weighted by Crippen LogP contribution is 2.12. The zero-order chi connectivity index (χ0) is 16.3. The van der Waals surface area contributed by atoms with Gasteiger partial charge >= 0.3 is 6.09 Å². The number of nitrogens with one attached hydrogen (secondary N) is 3. The Morgan fingerprint density at radius 2 is 1.77 bits per heavy atom. The minimum absolute atomic E-state index is 0.00809. The summed E-state index contributed by atoms with van der Waals surface area (Å²) < 4.78 is 4.99. The number of ether oxygens (including phenoxy) is 1. The zero-order valence-electron chi connectivity index (χ0n) is 12.4. The third-order valence-electron chi connectivity index (χ3n) is 2.59. The number of rotatable bonds is 1. The van der Waals surface area contributed by atoms with E-state index in [1.165, 1.54) is 0 Å². The van der Waals surface area contributed by atoms with E-state index in [1.807, 2.05) is 0 Å². The van der Waals surface area contributed by atoms with E-state index in [1.54, 1.807) is 45.0 Å². The Hall–Kier alpha value is -2.90. The van der Waals surface area contributed by atoms with Crippen LogP contribution in [0.1, 0.15) is 31.3 Å². The van der Waals surface area contributed by atoms with Gasteiger partial charge in [-0.1, -0.05) is 18.2 Å². The lowest BCUT2D eigenvalue weighted by molar-refractivity contribution is 0.0483. The third kappa shape index (κ3) is 3.60. The summed E-state index contributed by atoms with van der Waals surface area (Å²) >= 11 is 0. The summed E-state index contributed by atoms with van der Waals surface area (Å²) in [7, 11) is 0. The molecule has 3 N–H and O–H groups in total. The molecule has 0 bridgehead atoms. The first-order valence-corrected chi connectivity index (χ1v) is 6.55. The van der Waals surface area contributed by atoms with Gasteiger partial charge in [0.15, 0.2) is 5.69 Å². The van der Waals surface area contributed by atoms with Crippen molar-refractivity contribution in [2.24, 2.45) is 0 Å². The van der Waals surface area contributed by atoms with Crippen LogP contribution >= 0.6 is 0 Å². The number of hydrazine groups is 1. The number of nitrogens with zero attached hydrogens (tertiary/aromatic N) is 1. The number of carbonyl (C=O) groups excluding carboxylic acids is 2. The number of benzene rings is 1. The van der Waals surface area contributed by atoms with Crippen LogP contribution in [0.2, 0.25) is 0 Å². The third-order valence-corrected chi connectivity index (χ3v) is 2.59. The van der Waals surface area contributed by atoms with E-state index >= 15 is 0 Å². The maximum atomic E-state index is 12.1. The highest BCUT2D eigenvalue weighted by atomic mass is 16.6. The van der Waals surface area contributed by atoms with E-state index in [0.29, 0.717) is 10.8 Å². The molecular weight excluding hydrogens is 288 g/mol. The monoisotopic (exact) mass is 304 g/mol. The molecule has 0 aliphatic rings. The molecule has 0 unspecified atom stereocenters. The molecule has 2 amide bonds. The lowest BCUT2D eigenvalue weighted by atomic mass is 10.1. The van der Waals surface area contributed by atoms with E-state index in [9.17, 15) is 14.4 Å². The van der Waals surface area contributed by atoms with Gasteiger partial charge in [0, 0.05) is 5.39 Å². The van der Waals surface area contributed by atoms with Crippen molar-refractivity contribution in [1.82, 2.24) is 21.0 Å². The molecule has 2 aromatic rings. The number of carbonyl (C=O) groups is 2. The molecule has 1 aromatic carbocycles. The van der Waals surface area contributed by atoms with Crippen molar-refractivity contribution in [3.8, 4) is 0 Å². The van der Waals surface area contributed by atoms with Gasteiger partial charge in [-0.05, 0) is 26.8 Å². The molecule has 116 valence electrons. The fourth-order valence-corrected chi connectivity index (χ4v) is 1.76. The number of aromatic nitrogens is 2. The second-order valence-corrected chi connectivity index (χ2v) is 5.53. The van der Waals surface area contributed by atoms with Crippen molar-refractivity contribution in [2.45, 2.75) is 26.4 Å². The molecule has 0 aliphatic carbocycles. The highest BCUT2D eigenvalue weighted by molar-refractivity contribution is 6.04. The predicted octanol–water partition coefficient (Wildman–Crippen LogP) is 1.09. The Morgan fingerprint density at radius 3 is 2.41 bits per heavy atom. The smallest absolute Gasteiger partial charge is 0.426 e. The number of hydrogen-bond acceptors (Lipinski definition) is 5. The van der Waals surface area contributed by atoms with Gasteiger partial charge in [-0.15, -0.1) is 0 Å². The second kappa shape index (κ2) is 5.84. The summed E-state index contributed by atoms with van der Waals surface area (Å²) in [6.07, 6.45) is -0.797. The number of H-pyrrole nitrogens is 1. The maximum absolute atomic E-state index is 12.1. The predicted molar refractivity (Wildman–Crippen MR) is 79.2 cm³/mol. The Labute approximate surface area is 125 Å². The first-order valence-electron chi connectivity index (χ1n) is 6.55. The Bertz CT molecular complexity index is 776. The van der Waals surface area contributed by atoms with Crippen LogP contribution in [0.15, 0.2) is 29.1 Å². The van der Waals surface area contributed by atoms with Gasteiger partial charge in [0.1, 0.15) is 5.60 Å². The van der Waals surface area contributed by atoms with Gasteiger partial charge in [-0.3, -0.25) is 15.0 Å². The van der Waals surface area contributed by atoms with E-state index in [0.717, 1.165) is 0 Å². The van der Waals surface area contributed by atoms with E-state index in [-0.39, 0.29) is 5.69 Å². The molecule has 8 heteroatoms. The SMILES string of the molecule is CC(C)(C)OC(=O)NNC(=O)c1n[nH]c(=O)c2ccccc12. The molecule has 0 saturated heterocycles. The molecule has 1 heterocycles. The summed E-state index contributed by atoms with van der Waals surface area (Å²) in [6.45, 7) is 5.10. The van der Waals surface area contributed by atoms with Gasteiger partial charge in [0.25, 0.3) is 11.5 Å². The van der Waals surface area contributed by atoms with Crippen molar-refractivity contribution in [3.05, 3.63) is 40.3 Å². The minimum atomic E-state index is -0.797. The topological polar surface area (TPSA) is 113 Å². The van der Waals surface area contributed by atoms with Crippen LogP contribution in [-0.4, -0.2) is 27.8 Å². The Kier molecular flexibility index (Phi) is 4.11. The fraction of sp³-hybridized carbons (Fsp3) is 0.286. The van der Waals surface area contributed by atoms with Gasteiger partial charge < -0.3 is 4.74 Å². The number of aromatic amines is 1. The summed E-state index contributed by atoms with van der Waals surface area (Å²) in [5, 5.41) is 6.67. The first kappa shape index (κ1) is 15.5. The lowest BCUT2D eigenvalue weighted by Gasteiger charge is -2.19. The molecular formula is C14H16N4O4. The van der Waals surface area contributed by atoms with Gasteiger partial charge in [-0.2, -0.15) is 5.10 Å². The number of amides is 2. The summed E-state index contributed by atoms with van der Waals surface area (Å²) in [4.78, 5) is 35.2. The van der Waals surface area contributed by atoms with E-state index in [2.05, 4.69) is 21.0 Å². The molecule has 0 spiro atoms. The van der Waals surface area contributed by atoms with Crippen LogP contribution in [0.25, 0.3) is 10.8 Å². The van der Waals surface area contributed by atoms with Crippen LogP contribution in [0.4, 0.5) is 4.79 Å². The average molecular weight is 304 g/mol. The van der Waals surface area contributed by atoms with Gasteiger partial charge in [0.2, 0.25) is 0 Å². The van der Waals surface area contributed by atoms with Crippen LogP contribution in [0, 0.1) is 0 Å². The molecule has 0 radical (unpaired) electrons. The molecule has 2 rings (SSSR count). The van der Waals surface area contributed by atoms with E-state index in [4.69, 9.17) is 4.74 Å². The summed E-state index contributed by atoms with van der Waals surface area (Å²) in [5.74, 6) is -0.668. The molecule has 0 fully saturated rings. The normalized spacial score (nSPS) is 11.0. The summed E-state index contributed by atoms with van der Waals surface area (Å²) in [6, 6.07) is 6.54. The second-order valence-electron chi connectivity index (χ2n) is 5.53. The van der Waals surface area contributed by atoms with Gasteiger partial charge in [0.05, 0.1) is 5.39 Å². The summed E-state index contributed by atoms with van der Waals surface area (Å²) in [5.41, 5.74) is 3.22. The van der Waals surface area contributed by atoms with Crippen LogP contribution in [0.3, 0.4) is 0 Å². The fourth-order valence-electron chi connectivity index (χ4n) is 1.76. The zero-order valence-corrected chi connectivity index (χ0v) is 12.4. The quantitative estimate of drug-likeness (QED) is 0.683. The van der Waals surface area contributed by atoms with Crippen molar-refractivity contribution in [1.29, 1.82) is 0 Å². The molecule has 22 heavy (non-hydrogen) atoms. The first-order chi connectivity index (χ1) is 10.3. The van der Waals surface area contributed by atoms with Crippen LogP contribution in [-0.2, 0) is 4.74 Å². The minimum Gasteiger partial charge on any atom is -0.443 e. The maximum Gasteiger partial charge on any atom is 0.426 e. The lowest BCUT2D eigenvalue weighted by Crippen LogP contribution is -2.44. The molecule has 8 nitrogen and oxygen atoms in total. The highest BCUT2D eigenvalue weighted by Gasteiger charge is 2.18. The Morgan fingerprint density at radius 1 is 1.14 bits per heavy atom. The van der Waals surface area contributed by atoms with E-state index < -0.39 is 23.2 Å². The number of fused-ring (bicyclic) bond motifs is 1.